The fourth-order valence-electron chi connectivity index (χ4n) is 2.80. The van der Waals surface area contributed by atoms with E-state index >= 15 is 0 Å². The maximum atomic E-state index is 12.8. The molecule has 24 heavy (non-hydrogen) atoms. The van der Waals surface area contributed by atoms with Crippen molar-refractivity contribution in [1.29, 1.82) is 0 Å². The van der Waals surface area contributed by atoms with Gasteiger partial charge in [0.25, 0.3) is 5.56 Å². The van der Waals surface area contributed by atoms with Crippen LogP contribution in [0.4, 0.5) is 5.69 Å². The van der Waals surface area contributed by atoms with E-state index in [0.717, 1.165) is 32.8 Å². The maximum absolute atomic E-state index is 12.8. The van der Waals surface area contributed by atoms with Crippen LogP contribution in [0.25, 0.3) is 22.1 Å². The van der Waals surface area contributed by atoms with Crippen molar-refractivity contribution < 1.29 is 0 Å². The van der Waals surface area contributed by atoms with E-state index in [2.05, 4.69) is 9.88 Å². The number of hydrogen-bond donors (Lipinski definition) is 0. The summed E-state index contributed by atoms with van der Waals surface area (Å²) in [6.45, 7) is 2.03. The topological polar surface area (TPSA) is 37.6 Å². The molecule has 0 bridgehead atoms. The lowest BCUT2D eigenvalue weighted by Crippen LogP contribution is -2.22. The summed E-state index contributed by atoms with van der Waals surface area (Å²) < 4.78 is 2.41. The Kier molecular flexibility index (Phi) is 3.39. The summed E-state index contributed by atoms with van der Waals surface area (Å²) in [4.78, 5) is 20.2. The average molecular weight is 335 g/mol. The molecule has 0 aliphatic carbocycles. The molecule has 0 atom stereocenters. The van der Waals surface area contributed by atoms with Crippen LogP contribution in [-0.2, 0) is 0 Å². The van der Waals surface area contributed by atoms with Crippen LogP contribution >= 0.6 is 11.3 Å². The zero-order chi connectivity index (χ0) is 16.8. The smallest absolute Gasteiger partial charge is 0.274 e. The van der Waals surface area contributed by atoms with Crippen LogP contribution in [0.2, 0.25) is 0 Å². The zero-order valence-electron chi connectivity index (χ0n) is 13.8. The summed E-state index contributed by atoms with van der Waals surface area (Å²) in [6.07, 6.45) is 1.93. The molecule has 0 spiro atoms. The Hall–Kier alpha value is -2.66. The quantitative estimate of drug-likeness (QED) is 0.565. The number of nitrogens with zero attached hydrogens (tertiary/aromatic N) is 3. The number of fused-ring (bicyclic) bond motifs is 3. The molecule has 0 N–H and O–H groups in total. The van der Waals surface area contributed by atoms with Crippen molar-refractivity contribution in [2.24, 2.45) is 0 Å². The van der Waals surface area contributed by atoms with E-state index in [1.54, 1.807) is 4.40 Å². The van der Waals surface area contributed by atoms with Crippen molar-refractivity contribution in [2.75, 3.05) is 19.0 Å². The lowest BCUT2D eigenvalue weighted by molar-refractivity contribution is 1.13. The van der Waals surface area contributed by atoms with Crippen molar-refractivity contribution in [3.8, 4) is 0 Å². The van der Waals surface area contributed by atoms with Gasteiger partial charge in [0.15, 0.2) is 4.96 Å². The highest BCUT2D eigenvalue weighted by Crippen LogP contribution is 2.18. The van der Waals surface area contributed by atoms with Crippen LogP contribution in [0.15, 0.2) is 47.3 Å². The molecule has 0 amide bonds. The monoisotopic (exact) mass is 335 g/mol. The van der Waals surface area contributed by atoms with Crippen molar-refractivity contribution in [3.63, 3.8) is 0 Å². The lowest BCUT2D eigenvalue weighted by atomic mass is 10.2. The largest absolute Gasteiger partial charge is 0.378 e. The number of aromatic nitrogens is 2. The van der Waals surface area contributed by atoms with Gasteiger partial charge in [0.05, 0.1) is 15.6 Å². The number of benzene rings is 2. The van der Waals surface area contributed by atoms with E-state index in [0.29, 0.717) is 4.53 Å². The van der Waals surface area contributed by atoms with Gasteiger partial charge in [-0.3, -0.25) is 4.79 Å². The molecule has 2 heterocycles. The third-order valence-corrected chi connectivity index (χ3v) is 5.07. The van der Waals surface area contributed by atoms with E-state index in [4.69, 9.17) is 0 Å². The van der Waals surface area contributed by atoms with Gasteiger partial charge in [-0.05, 0) is 48.4 Å². The summed E-state index contributed by atoms with van der Waals surface area (Å²) in [5.41, 5.74) is 5.05. The third kappa shape index (κ3) is 2.37. The van der Waals surface area contributed by atoms with Crippen LogP contribution in [0, 0.1) is 6.92 Å². The third-order valence-electron chi connectivity index (χ3n) is 4.10. The van der Waals surface area contributed by atoms with E-state index in [9.17, 15) is 4.79 Å². The number of hydrogen-bond acceptors (Lipinski definition) is 4. The Bertz CT molecular complexity index is 1150. The van der Waals surface area contributed by atoms with Gasteiger partial charge in [0.1, 0.15) is 0 Å². The molecule has 0 saturated carbocycles. The summed E-state index contributed by atoms with van der Waals surface area (Å²) in [5, 5.41) is 0. The fraction of sp³-hybridized carbons (Fsp3) is 0.158. The van der Waals surface area contributed by atoms with Crippen LogP contribution < -0.4 is 15.0 Å². The second-order valence-electron chi connectivity index (χ2n) is 6.12. The zero-order valence-corrected chi connectivity index (χ0v) is 14.6. The number of anilines is 1. The first-order valence-electron chi connectivity index (χ1n) is 7.74. The molecule has 0 aliphatic rings. The predicted molar refractivity (Wildman–Crippen MR) is 101 cm³/mol. The summed E-state index contributed by atoms with van der Waals surface area (Å²) in [7, 11) is 4.02. The van der Waals surface area contributed by atoms with Crippen molar-refractivity contribution in [2.45, 2.75) is 6.92 Å². The van der Waals surface area contributed by atoms with E-state index in [1.165, 1.54) is 11.3 Å². The Balaban J connectivity index is 1.88. The minimum absolute atomic E-state index is 0.00182. The Morgan fingerprint density at radius 1 is 1.12 bits per heavy atom. The van der Waals surface area contributed by atoms with Crippen LogP contribution in [0.5, 0.6) is 0 Å². The van der Waals surface area contributed by atoms with Gasteiger partial charge in [-0.2, -0.15) is 0 Å². The molecule has 2 aromatic carbocycles. The molecule has 4 rings (SSSR count). The van der Waals surface area contributed by atoms with Crippen LogP contribution in [-0.4, -0.2) is 23.5 Å². The Morgan fingerprint density at radius 3 is 2.58 bits per heavy atom. The van der Waals surface area contributed by atoms with Crippen LogP contribution in [0.1, 0.15) is 11.1 Å². The highest BCUT2D eigenvalue weighted by Gasteiger charge is 2.11. The second kappa shape index (κ2) is 5.46. The first-order chi connectivity index (χ1) is 11.5. The molecule has 4 aromatic rings. The molecular formula is C19H17N3OS. The summed E-state index contributed by atoms with van der Waals surface area (Å²) >= 11 is 1.43. The van der Waals surface area contributed by atoms with Gasteiger partial charge in [-0.1, -0.05) is 29.5 Å². The average Bonchev–Trinajstić information content (AvgIpc) is 3.04. The second-order valence-corrected chi connectivity index (χ2v) is 7.13. The van der Waals surface area contributed by atoms with Crippen molar-refractivity contribution in [3.05, 3.63) is 68.5 Å². The van der Waals surface area contributed by atoms with E-state index in [-0.39, 0.29) is 5.56 Å². The molecule has 120 valence electrons. The van der Waals surface area contributed by atoms with Gasteiger partial charge in [0.2, 0.25) is 0 Å². The highest BCUT2D eigenvalue weighted by atomic mass is 32.1. The molecule has 2 aromatic heterocycles. The van der Waals surface area contributed by atoms with Crippen molar-refractivity contribution >= 4 is 39.1 Å². The Morgan fingerprint density at radius 2 is 1.88 bits per heavy atom. The molecule has 4 nitrogen and oxygen atoms in total. The van der Waals surface area contributed by atoms with Gasteiger partial charge in [-0.15, -0.1) is 0 Å². The Labute approximate surface area is 143 Å². The van der Waals surface area contributed by atoms with Gasteiger partial charge < -0.3 is 4.90 Å². The molecule has 0 saturated heterocycles. The van der Waals surface area contributed by atoms with E-state index < -0.39 is 0 Å². The maximum Gasteiger partial charge on any atom is 0.274 e. The van der Waals surface area contributed by atoms with Gasteiger partial charge >= 0.3 is 0 Å². The van der Waals surface area contributed by atoms with E-state index in [1.807, 2.05) is 69.6 Å². The van der Waals surface area contributed by atoms with Gasteiger partial charge in [0, 0.05) is 19.8 Å². The number of rotatable bonds is 2. The molecular weight excluding hydrogens is 318 g/mol. The fourth-order valence-corrected chi connectivity index (χ4v) is 3.78. The van der Waals surface area contributed by atoms with Crippen molar-refractivity contribution in [1.82, 2.24) is 9.38 Å². The first-order valence-corrected chi connectivity index (χ1v) is 8.55. The minimum atomic E-state index is -0.00182. The molecule has 0 unspecified atom stereocenters. The highest BCUT2D eigenvalue weighted by molar-refractivity contribution is 7.15. The molecule has 0 aliphatic heterocycles. The number of thiazole rings is 1. The number of imidazole rings is 1. The normalized spacial score (nSPS) is 12.4. The molecule has 0 fully saturated rings. The predicted octanol–water partition coefficient (Wildman–Crippen LogP) is 2.83. The number of aryl methyl sites for hydroxylation is 1. The lowest BCUT2D eigenvalue weighted by Gasteiger charge is -2.11. The summed E-state index contributed by atoms with van der Waals surface area (Å²) in [5.74, 6) is 0. The van der Waals surface area contributed by atoms with Gasteiger partial charge in [-0.25, -0.2) is 9.38 Å². The standard InChI is InChI=1S/C19H17N3OS/c1-12-4-9-16-15(10-12)20-19-22(16)18(23)17(24-19)11-13-5-7-14(8-6-13)21(2)3/h4-11H,1-3H3/b17-11-. The summed E-state index contributed by atoms with van der Waals surface area (Å²) in [6, 6.07) is 14.1. The first kappa shape index (κ1) is 14.9. The SMILES string of the molecule is Cc1ccc2c(c1)nc1s/c(=C\c3ccc(N(C)C)cc3)c(=O)n12. The minimum Gasteiger partial charge on any atom is -0.378 e. The van der Waals surface area contributed by atoms with Crippen LogP contribution in [0.3, 0.4) is 0 Å². The molecule has 0 radical (unpaired) electrons. The molecule has 5 heteroatoms.